The first-order valence-corrected chi connectivity index (χ1v) is 8.85. The van der Waals surface area contributed by atoms with Crippen LogP contribution in [0.4, 0.5) is 0 Å². The van der Waals surface area contributed by atoms with E-state index in [0.29, 0.717) is 13.2 Å². The van der Waals surface area contributed by atoms with Crippen LogP contribution in [0.25, 0.3) is 0 Å². The van der Waals surface area contributed by atoms with E-state index in [0.717, 1.165) is 42.7 Å². The molecule has 128 valence electrons. The van der Waals surface area contributed by atoms with Gasteiger partial charge in [-0.15, -0.1) is 0 Å². The van der Waals surface area contributed by atoms with Gasteiger partial charge in [-0.2, -0.15) is 0 Å². The van der Waals surface area contributed by atoms with Crippen LogP contribution in [-0.2, 0) is 4.79 Å². The van der Waals surface area contributed by atoms with Crippen molar-refractivity contribution >= 4 is 5.91 Å². The number of carbonyl (C=O) groups is 1. The second-order valence-corrected chi connectivity index (χ2v) is 6.26. The maximum Gasteiger partial charge on any atom is 0.223 e. The van der Waals surface area contributed by atoms with Gasteiger partial charge >= 0.3 is 0 Å². The van der Waals surface area contributed by atoms with Gasteiger partial charge in [-0.05, 0) is 50.3 Å². The van der Waals surface area contributed by atoms with Crippen LogP contribution in [0.15, 0.2) is 18.2 Å². The fourth-order valence-corrected chi connectivity index (χ4v) is 2.54. The Morgan fingerprint density at radius 1 is 1.17 bits per heavy atom. The molecule has 0 aliphatic heterocycles. The van der Waals surface area contributed by atoms with Crippen molar-refractivity contribution < 1.29 is 14.3 Å². The minimum absolute atomic E-state index is 0.0210. The highest BCUT2D eigenvalue weighted by molar-refractivity contribution is 5.79. The number of hydrogen-bond acceptors (Lipinski definition) is 3. The highest BCUT2D eigenvalue weighted by Crippen LogP contribution is 2.32. The maximum absolute atomic E-state index is 12.1. The lowest BCUT2D eigenvalue weighted by atomic mass is 9.84. The smallest absolute Gasteiger partial charge is 0.223 e. The molecule has 0 aromatic heterocycles. The van der Waals surface area contributed by atoms with Gasteiger partial charge in [0.1, 0.15) is 0 Å². The topological polar surface area (TPSA) is 47.6 Å². The van der Waals surface area contributed by atoms with Gasteiger partial charge < -0.3 is 14.8 Å². The first kappa shape index (κ1) is 17.6. The van der Waals surface area contributed by atoms with Gasteiger partial charge in [0.25, 0.3) is 0 Å². The average Bonchev–Trinajstić information content (AvgIpc) is 2.49. The summed E-state index contributed by atoms with van der Waals surface area (Å²) in [4.78, 5) is 12.1. The first-order chi connectivity index (χ1) is 11.2. The van der Waals surface area contributed by atoms with E-state index in [-0.39, 0.29) is 17.9 Å². The number of hydrogen-bond donors (Lipinski definition) is 1. The maximum atomic E-state index is 12.1. The zero-order chi connectivity index (χ0) is 16.7. The van der Waals surface area contributed by atoms with E-state index in [1.807, 2.05) is 25.1 Å². The molecule has 0 radical (unpaired) electrons. The Labute approximate surface area is 139 Å². The zero-order valence-corrected chi connectivity index (χ0v) is 14.6. The Kier molecular flexibility index (Phi) is 6.75. The molecule has 1 aliphatic carbocycles. The number of carbonyl (C=O) groups excluding carboxylic acids is 1. The van der Waals surface area contributed by atoms with Crippen LogP contribution >= 0.6 is 0 Å². The van der Waals surface area contributed by atoms with E-state index in [2.05, 4.69) is 19.2 Å². The van der Waals surface area contributed by atoms with E-state index in [4.69, 9.17) is 9.47 Å². The molecule has 1 atom stereocenters. The third-order valence-corrected chi connectivity index (χ3v) is 4.23. The number of nitrogens with one attached hydrogen (secondary N) is 1. The molecule has 1 unspecified atom stereocenters. The summed E-state index contributed by atoms with van der Waals surface area (Å²) in [5.41, 5.74) is 1.05. The molecule has 4 nitrogen and oxygen atoms in total. The molecule has 1 aliphatic rings. The van der Waals surface area contributed by atoms with Gasteiger partial charge in [-0.1, -0.05) is 26.3 Å². The van der Waals surface area contributed by atoms with Crippen LogP contribution in [-0.4, -0.2) is 19.1 Å². The van der Waals surface area contributed by atoms with E-state index in [1.54, 1.807) is 0 Å². The minimum Gasteiger partial charge on any atom is -0.490 e. The SMILES string of the molecule is CCCOc1ccc(C(C)NC(=O)C2CCC2)cc1OCCC. The van der Waals surface area contributed by atoms with Gasteiger partial charge in [0.15, 0.2) is 11.5 Å². The number of amides is 1. The van der Waals surface area contributed by atoms with Gasteiger partial charge in [0.2, 0.25) is 5.91 Å². The average molecular weight is 319 g/mol. The monoisotopic (exact) mass is 319 g/mol. The van der Waals surface area contributed by atoms with Crippen molar-refractivity contribution in [2.45, 2.75) is 58.9 Å². The molecule has 1 fully saturated rings. The molecular formula is C19H29NO3. The van der Waals surface area contributed by atoms with Crippen molar-refractivity contribution in [2.75, 3.05) is 13.2 Å². The van der Waals surface area contributed by atoms with Crippen molar-refractivity contribution in [1.82, 2.24) is 5.32 Å². The summed E-state index contributed by atoms with van der Waals surface area (Å²) in [7, 11) is 0. The molecule has 0 saturated heterocycles. The minimum atomic E-state index is -0.0210. The Hall–Kier alpha value is -1.71. The summed E-state index contributed by atoms with van der Waals surface area (Å²) in [5, 5.41) is 3.11. The lowest BCUT2D eigenvalue weighted by Gasteiger charge is -2.26. The lowest BCUT2D eigenvalue weighted by Crippen LogP contribution is -2.35. The van der Waals surface area contributed by atoms with Crippen LogP contribution in [0.2, 0.25) is 0 Å². The van der Waals surface area contributed by atoms with Gasteiger partial charge in [0, 0.05) is 5.92 Å². The molecule has 1 amide bonds. The predicted octanol–water partition coefficient (Wildman–Crippen LogP) is 4.24. The fraction of sp³-hybridized carbons (Fsp3) is 0.632. The summed E-state index contributed by atoms with van der Waals surface area (Å²) in [5.74, 6) is 1.93. The van der Waals surface area contributed by atoms with Gasteiger partial charge in [-0.25, -0.2) is 0 Å². The lowest BCUT2D eigenvalue weighted by molar-refractivity contribution is -0.128. The third-order valence-electron chi connectivity index (χ3n) is 4.23. The summed E-state index contributed by atoms with van der Waals surface area (Å²) in [6.07, 6.45) is 5.12. The molecule has 4 heteroatoms. The summed E-state index contributed by atoms with van der Waals surface area (Å²) in [6.45, 7) is 7.52. The Morgan fingerprint density at radius 2 is 1.83 bits per heavy atom. The highest BCUT2D eigenvalue weighted by atomic mass is 16.5. The number of benzene rings is 1. The molecule has 1 saturated carbocycles. The van der Waals surface area contributed by atoms with Crippen LogP contribution in [0, 0.1) is 5.92 Å². The fourth-order valence-electron chi connectivity index (χ4n) is 2.54. The third kappa shape index (κ3) is 4.88. The molecule has 1 N–H and O–H groups in total. The van der Waals surface area contributed by atoms with Gasteiger partial charge in [-0.3, -0.25) is 4.79 Å². The molecule has 1 aromatic rings. The second kappa shape index (κ2) is 8.80. The van der Waals surface area contributed by atoms with Crippen molar-refractivity contribution in [3.63, 3.8) is 0 Å². The Bertz CT molecular complexity index is 511. The van der Waals surface area contributed by atoms with E-state index in [9.17, 15) is 4.79 Å². The van der Waals surface area contributed by atoms with E-state index >= 15 is 0 Å². The molecule has 1 aromatic carbocycles. The molecule has 0 heterocycles. The molecular weight excluding hydrogens is 290 g/mol. The van der Waals surface area contributed by atoms with Crippen molar-refractivity contribution in [2.24, 2.45) is 5.92 Å². The van der Waals surface area contributed by atoms with Crippen LogP contribution < -0.4 is 14.8 Å². The predicted molar refractivity (Wildman–Crippen MR) is 91.9 cm³/mol. The van der Waals surface area contributed by atoms with Crippen molar-refractivity contribution in [1.29, 1.82) is 0 Å². The van der Waals surface area contributed by atoms with Crippen LogP contribution in [0.3, 0.4) is 0 Å². The molecule has 0 spiro atoms. The first-order valence-electron chi connectivity index (χ1n) is 8.85. The second-order valence-electron chi connectivity index (χ2n) is 6.26. The Morgan fingerprint density at radius 3 is 2.39 bits per heavy atom. The van der Waals surface area contributed by atoms with Crippen molar-refractivity contribution in [3.8, 4) is 11.5 Å². The van der Waals surface area contributed by atoms with Crippen LogP contribution in [0.1, 0.15) is 64.5 Å². The normalized spacial score (nSPS) is 15.6. The highest BCUT2D eigenvalue weighted by Gasteiger charge is 2.26. The summed E-state index contributed by atoms with van der Waals surface area (Å²) < 4.78 is 11.6. The number of ether oxygens (including phenoxy) is 2. The standard InChI is InChI=1S/C19H29NO3/c1-4-11-22-17-10-9-16(13-18(17)23-12-5-2)14(3)20-19(21)15-7-6-8-15/h9-10,13-15H,4-8,11-12H2,1-3H3,(H,20,21). The number of rotatable bonds is 9. The van der Waals surface area contributed by atoms with E-state index in [1.165, 1.54) is 6.42 Å². The summed E-state index contributed by atoms with van der Waals surface area (Å²) >= 11 is 0. The van der Waals surface area contributed by atoms with Gasteiger partial charge in [0.05, 0.1) is 19.3 Å². The van der Waals surface area contributed by atoms with Crippen LogP contribution in [0.5, 0.6) is 11.5 Å². The van der Waals surface area contributed by atoms with E-state index < -0.39 is 0 Å². The molecule has 2 rings (SSSR count). The Balaban J connectivity index is 2.05. The van der Waals surface area contributed by atoms with Crippen molar-refractivity contribution in [3.05, 3.63) is 23.8 Å². The summed E-state index contributed by atoms with van der Waals surface area (Å²) in [6, 6.07) is 5.93. The molecule has 0 bridgehead atoms. The largest absolute Gasteiger partial charge is 0.490 e. The molecule has 23 heavy (non-hydrogen) atoms. The quantitative estimate of drug-likeness (QED) is 0.740. The zero-order valence-electron chi connectivity index (χ0n) is 14.6.